The van der Waals surface area contributed by atoms with Crippen molar-refractivity contribution >= 4 is 11.8 Å². The topological polar surface area (TPSA) is 74.6 Å². The molecule has 0 bridgehead atoms. The number of hydrogen-bond donors (Lipinski definition) is 2. The maximum Gasteiger partial charge on any atom is 0.328 e. The minimum Gasteiger partial charge on any atom is -0.478 e. The van der Waals surface area contributed by atoms with E-state index in [1.54, 1.807) is 6.08 Å². The lowest BCUT2D eigenvalue weighted by atomic mass is 9.46. The number of fused-ring (bicyclic) bond motifs is 5. The highest BCUT2D eigenvalue weighted by Gasteiger charge is 2.65. The summed E-state index contributed by atoms with van der Waals surface area (Å²) in [7, 11) is 0. The summed E-state index contributed by atoms with van der Waals surface area (Å²) in [5, 5.41) is 20.8. The van der Waals surface area contributed by atoms with Gasteiger partial charge in [-0.15, -0.1) is 0 Å². The summed E-state index contributed by atoms with van der Waals surface area (Å²) in [5.41, 5.74) is 0.240. The summed E-state index contributed by atoms with van der Waals surface area (Å²) in [6, 6.07) is 0. The number of rotatable bonds is 4. The van der Waals surface area contributed by atoms with E-state index in [4.69, 9.17) is 0 Å². The van der Waals surface area contributed by atoms with Gasteiger partial charge >= 0.3 is 5.97 Å². The lowest BCUT2D eigenvalue weighted by molar-refractivity contribution is -0.133. The second-order valence-corrected chi connectivity index (χ2v) is 10.6. The van der Waals surface area contributed by atoms with Crippen LogP contribution in [0.25, 0.3) is 0 Å². The zero-order valence-electron chi connectivity index (χ0n) is 17.5. The smallest absolute Gasteiger partial charge is 0.328 e. The second-order valence-electron chi connectivity index (χ2n) is 10.6. The van der Waals surface area contributed by atoms with Gasteiger partial charge in [-0.1, -0.05) is 12.5 Å². The van der Waals surface area contributed by atoms with Crippen molar-refractivity contribution in [2.24, 2.45) is 40.9 Å². The Labute approximate surface area is 173 Å². The molecule has 5 rings (SSSR count). The predicted octanol–water partition coefficient (Wildman–Crippen LogP) is 4.53. The Kier molecular flexibility index (Phi) is 4.58. The maximum atomic E-state index is 12.1. The number of aliphatic carboxylic acids is 1. The summed E-state index contributed by atoms with van der Waals surface area (Å²) in [6.07, 6.45) is 14.9. The van der Waals surface area contributed by atoms with Crippen LogP contribution in [-0.2, 0) is 9.59 Å². The first-order valence-corrected chi connectivity index (χ1v) is 11.8. The van der Waals surface area contributed by atoms with Gasteiger partial charge in [-0.25, -0.2) is 4.79 Å². The van der Waals surface area contributed by atoms with Crippen molar-refractivity contribution in [1.82, 2.24) is 0 Å². The molecule has 29 heavy (non-hydrogen) atoms. The van der Waals surface area contributed by atoms with Crippen molar-refractivity contribution in [3.63, 3.8) is 0 Å². The molecule has 5 aliphatic rings. The fraction of sp³-hybridized carbons (Fsp3) is 0.760. The molecule has 0 heterocycles. The summed E-state index contributed by atoms with van der Waals surface area (Å²) in [4.78, 5) is 23.3. The van der Waals surface area contributed by atoms with Gasteiger partial charge < -0.3 is 10.2 Å². The van der Waals surface area contributed by atoms with Gasteiger partial charge in [0.25, 0.3) is 0 Å². The first-order chi connectivity index (χ1) is 13.9. The minimum atomic E-state index is -0.997. The number of carboxylic acid groups (broad SMARTS) is 1. The van der Waals surface area contributed by atoms with Crippen molar-refractivity contribution in [3.05, 3.63) is 23.8 Å². The van der Waals surface area contributed by atoms with E-state index in [0.29, 0.717) is 48.2 Å². The van der Waals surface area contributed by atoms with Crippen LogP contribution in [0.4, 0.5) is 0 Å². The number of carbonyl (C=O) groups excluding carboxylic acids is 1. The van der Waals surface area contributed by atoms with Crippen molar-refractivity contribution < 1.29 is 19.8 Å². The van der Waals surface area contributed by atoms with Gasteiger partial charge in [0.15, 0.2) is 5.78 Å². The minimum absolute atomic E-state index is 0.195. The zero-order chi connectivity index (χ0) is 20.4. The van der Waals surface area contributed by atoms with E-state index < -0.39 is 11.6 Å². The van der Waals surface area contributed by atoms with Gasteiger partial charge in [-0.2, -0.15) is 0 Å². The molecule has 0 amide bonds. The van der Waals surface area contributed by atoms with E-state index in [1.165, 1.54) is 24.5 Å². The number of carbonyl (C=O) groups is 2. The maximum absolute atomic E-state index is 12.1. The van der Waals surface area contributed by atoms with Gasteiger partial charge in [-0.3, -0.25) is 4.79 Å². The number of carboxylic acids is 1. The predicted molar refractivity (Wildman–Crippen MR) is 110 cm³/mol. The first kappa shape index (κ1) is 19.5. The molecule has 2 N–H and O–H groups in total. The highest BCUT2D eigenvalue weighted by atomic mass is 16.4. The Bertz CT molecular complexity index is 778. The molecule has 0 aromatic heterocycles. The molecule has 7 atom stereocenters. The number of hydrogen-bond acceptors (Lipinski definition) is 3. The molecule has 0 radical (unpaired) electrons. The molecular formula is C25H34O4. The Balaban J connectivity index is 1.53. The van der Waals surface area contributed by atoms with Gasteiger partial charge in [0.1, 0.15) is 0 Å². The largest absolute Gasteiger partial charge is 0.478 e. The highest BCUT2D eigenvalue weighted by Crippen LogP contribution is 2.69. The van der Waals surface area contributed by atoms with Crippen LogP contribution in [0, 0.1) is 40.9 Å². The average molecular weight is 399 g/mol. The van der Waals surface area contributed by atoms with Gasteiger partial charge in [0.2, 0.25) is 0 Å². The molecule has 0 spiro atoms. The molecule has 0 unspecified atom stereocenters. The van der Waals surface area contributed by atoms with E-state index in [2.05, 4.69) is 6.92 Å². The van der Waals surface area contributed by atoms with Crippen LogP contribution in [0.1, 0.15) is 71.1 Å². The summed E-state index contributed by atoms with van der Waals surface area (Å²) in [6.45, 7) is 2.19. The second kappa shape index (κ2) is 6.80. The normalized spacial score (nSPS) is 46.8. The van der Waals surface area contributed by atoms with Crippen molar-refractivity contribution in [1.29, 1.82) is 0 Å². The zero-order valence-corrected chi connectivity index (χ0v) is 17.5. The van der Waals surface area contributed by atoms with Gasteiger partial charge in [0.05, 0.1) is 5.60 Å². The monoisotopic (exact) mass is 398 g/mol. The van der Waals surface area contributed by atoms with Crippen LogP contribution in [0.5, 0.6) is 0 Å². The molecule has 0 aliphatic heterocycles. The standard InChI is InChI=1S/C25H34O4/c1-2-24-10-7-19-18-6-5-17(26)13-16(18)14-20(15-3-4-15)23(19)21(24)8-11-25(24,29)12-9-22(27)28/h9,12-13,15,18-21,23,29H,2-8,10-11,14H2,1H3,(H,27,28)/b12-9-/t18-,19+,20-,21-,23-,24-,25+/m0/s1. The number of ketones is 1. The van der Waals surface area contributed by atoms with Crippen LogP contribution < -0.4 is 0 Å². The van der Waals surface area contributed by atoms with Crippen molar-refractivity contribution in [3.8, 4) is 0 Å². The van der Waals surface area contributed by atoms with E-state index in [-0.39, 0.29) is 5.41 Å². The third-order valence-electron chi connectivity index (χ3n) is 9.66. The summed E-state index contributed by atoms with van der Waals surface area (Å²) < 4.78 is 0. The van der Waals surface area contributed by atoms with Gasteiger partial charge in [-0.05, 0) is 105 Å². The van der Waals surface area contributed by atoms with E-state index >= 15 is 0 Å². The molecule has 4 nitrogen and oxygen atoms in total. The molecular weight excluding hydrogens is 364 g/mol. The molecule has 0 aromatic carbocycles. The van der Waals surface area contributed by atoms with Crippen LogP contribution in [-0.4, -0.2) is 27.6 Å². The summed E-state index contributed by atoms with van der Waals surface area (Å²) in [5.74, 6) is 3.08. The molecule has 4 fully saturated rings. The Morgan fingerprint density at radius 1 is 1.17 bits per heavy atom. The van der Waals surface area contributed by atoms with Crippen molar-refractivity contribution in [2.75, 3.05) is 0 Å². The molecule has 0 saturated heterocycles. The fourth-order valence-corrected chi connectivity index (χ4v) is 8.37. The van der Waals surface area contributed by atoms with Crippen LogP contribution in [0.15, 0.2) is 23.8 Å². The molecule has 158 valence electrons. The molecule has 4 saturated carbocycles. The number of allylic oxidation sites excluding steroid dienone is 1. The van der Waals surface area contributed by atoms with Crippen molar-refractivity contribution in [2.45, 2.75) is 76.7 Å². The van der Waals surface area contributed by atoms with E-state index in [1.807, 2.05) is 6.08 Å². The third-order valence-corrected chi connectivity index (χ3v) is 9.66. The van der Waals surface area contributed by atoms with Crippen LogP contribution in [0.2, 0.25) is 0 Å². The molecule has 0 aromatic rings. The van der Waals surface area contributed by atoms with Gasteiger partial charge in [0, 0.05) is 17.9 Å². The quantitative estimate of drug-likeness (QED) is 0.683. The molecule has 4 heteroatoms. The molecule has 5 aliphatic carbocycles. The summed E-state index contributed by atoms with van der Waals surface area (Å²) >= 11 is 0. The fourth-order valence-electron chi connectivity index (χ4n) is 8.37. The number of aliphatic hydroxyl groups is 1. The lowest BCUT2D eigenvalue weighted by Crippen LogP contribution is -2.55. The first-order valence-electron chi connectivity index (χ1n) is 11.8. The van der Waals surface area contributed by atoms with E-state index in [9.17, 15) is 19.8 Å². The van der Waals surface area contributed by atoms with E-state index in [0.717, 1.165) is 44.4 Å². The Morgan fingerprint density at radius 2 is 1.97 bits per heavy atom. The third kappa shape index (κ3) is 2.89. The lowest BCUT2D eigenvalue weighted by Gasteiger charge is -2.59. The Hall–Kier alpha value is -1.42. The average Bonchev–Trinajstić information content (AvgIpc) is 3.50. The highest BCUT2D eigenvalue weighted by molar-refractivity contribution is 5.91. The Morgan fingerprint density at radius 3 is 2.66 bits per heavy atom. The SMILES string of the molecule is CC[C@]12CC[C@H]3[C@@H]([C@H](C4CC4)CC4=CC(=O)CC[C@@H]43)[C@@H]1CC[C@@]2(O)/C=C\C(=O)O. The van der Waals surface area contributed by atoms with Crippen LogP contribution >= 0.6 is 0 Å². The van der Waals surface area contributed by atoms with Crippen LogP contribution in [0.3, 0.4) is 0 Å².